The maximum Gasteiger partial charge on any atom is 0.172 e. The summed E-state index contributed by atoms with van der Waals surface area (Å²) in [5.41, 5.74) is 0.706. The van der Waals surface area contributed by atoms with Gasteiger partial charge in [-0.15, -0.1) is 0 Å². The minimum Gasteiger partial charge on any atom is -0.358 e. The van der Waals surface area contributed by atoms with E-state index in [-0.39, 0.29) is 0 Å². The minimum absolute atomic E-state index is 0.553. The highest BCUT2D eigenvalue weighted by Gasteiger charge is 2.11. The highest BCUT2D eigenvalue weighted by Crippen LogP contribution is 2.14. The second-order valence-electron chi connectivity index (χ2n) is 2.99. The van der Waals surface area contributed by atoms with Gasteiger partial charge in [-0.25, -0.2) is 9.97 Å². The van der Waals surface area contributed by atoms with Crippen molar-refractivity contribution in [1.82, 2.24) is 9.97 Å². The van der Waals surface area contributed by atoms with Crippen LogP contribution in [0, 0.1) is 18.3 Å². The van der Waals surface area contributed by atoms with Gasteiger partial charge in [0.2, 0.25) is 0 Å². The number of nitriles is 1. The van der Waals surface area contributed by atoms with Gasteiger partial charge in [-0.3, -0.25) is 0 Å². The molecule has 0 saturated carbocycles. The molecule has 0 spiro atoms. The van der Waals surface area contributed by atoms with Crippen molar-refractivity contribution in [2.45, 2.75) is 19.4 Å². The molecule has 0 amide bonds. The quantitative estimate of drug-likeness (QED) is 0.607. The fourth-order valence-corrected chi connectivity index (χ4v) is 1.23. The van der Waals surface area contributed by atoms with Crippen molar-refractivity contribution < 1.29 is 4.74 Å². The number of halogens is 1. The smallest absolute Gasteiger partial charge is 0.172 e. The lowest BCUT2D eigenvalue weighted by Crippen LogP contribution is -2.05. The Labute approximate surface area is 97.4 Å². The summed E-state index contributed by atoms with van der Waals surface area (Å²) in [5.74, 6) is 0.691. The Morgan fingerprint density at radius 2 is 2.20 bits per heavy atom. The second kappa shape index (κ2) is 6.49. The van der Waals surface area contributed by atoms with Crippen LogP contribution < -0.4 is 0 Å². The van der Waals surface area contributed by atoms with Gasteiger partial charge < -0.3 is 4.74 Å². The summed E-state index contributed by atoms with van der Waals surface area (Å²) in [4.78, 5) is 8.05. The second-order valence-corrected chi connectivity index (χ2v) is 3.78. The lowest BCUT2D eigenvalue weighted by Gasteiger charge is -2.09. The van der Waals surface area contributed by atoms with Crippen LogP contribution in [0.3, 0.4) is 0 Å². The minimum atomic E-state index is -0.565. The molecule has 0 bridgehead atoms. The fraction of sp³-hybridized carbons (Fsp3) is 0.500. The van der Waals surface area contributed by atoms with Crippen LogP contribution in [-0.2, 0) is 4.74 Å². The molecule has 0 fully saturated rings. The molecule has 0 saturated heterocycles. The third kappa shape index (κ3) is 3.94. The molecule has 0 N–H and O–H groups in total. The zero-order valence-electron chi connectivity index (χ0n) is 8.48. The van der Waals surface area contributed by atoms with E-state index in [4.69, 9.17) is 10.00 Å². The third-order valence-corrected chi connectivity index (χ3v) is 2.34. The van der Waals surface area contributed by atoms with E-state index in [0.717, 1.165) is 11.8 Å². The Morgan fingerprint density at radius 1 is 1.53 bits per heavy atom. The summed E-state index contributed by atoms with van der Waals surface area (Å²) in [5, 5.41) is 9.78. The standard InChI is InChI=1S/C10H12BrN3O/c1-8-13-6-9(7-14-8)10(5-12)15-4-2-3-11/h6-7,10H,2-4H2,1H3. The van der Waals surface area contributed by atoms with Crippen LogP contribution in [0.4, 0.5) is 0 Å². The normalized spacial score (nSPS) is 12.1. The first-order chi connectivity index (χ1) is 7.27. The summed E-state index contributed by atoms with van der Waals surface area (Å²) in [6.45, 7) is 2.36. The predicted molar refractivity (Wildman–Crippen MR) is 59.5 cm³/mol. The maximum atomic E-state index is 8.91. The summed E-state index contributed by atoms with van der Waals surface area (Å²) >= 11 is 3.30. The SMILES string of the molecule is Cc1ncc(C(C#N)OCCCBr)cn1. The van der Waals surface area contributed by atoms with E-state index in [1.807, 2.05) is 0 Å². The van der Waals surface area contributed by atoms with E-state index in [9.17, 15) is 0 Å². The molecule has 4 nitrogen and oxygen atoms in total. The number of rotatable bonds is 5. The van der Waals surface area contributed by atoms with E-state index in [0.29, 0.717) is 18.0 Å². The van der Waals surface area contributed by atoms with Crippen LogP contribution in [0.1, 0.15) is 23.9 Å². The molecule has 15 heavy (non-hydrogen) atoms. The van der Waals surface area contributed by atoms with E-state index in [1.165, 1.54) is 0 Å². The predicted octanol–water partition coefficient (Wildman–Crippen LogP) is 2.15. The van der Waals surface area contributed by atoms with Gasteiger partial charge >= 0.3 is 0 Å². The topological polar surface area (TPSA) is 58.8 Å². The van der Waals surface area contributed by atoms with Gasteiger partial charge in [0.05, 0.1) is 6.07 Å². The first-order valence-electron chi connectivity index (χ1n) is 4.63. The molecule has 1 heterocycles. The Bertz CT molecular complexity index is 334. The van der Waals surface area contributed by atoms with Crippen LogP contribution in [0.25, 0.3) is 0 Å². The summed E-state index contributed by atoms with van der Waals surface area (Å²) in [6, 6.07) is 2.08. The van der Waals surface area contributed by atoms with Gasteiger partial charge in [-0.05, 0) is 13.3 Å². The number of aryl methyl sites for hydroxylation is 1. The lowest BCUT2D eigenvalue weighted by atomic mass is 10.2. The fourth-order valence-electron chi connectivity index (χ4n) is 1.00. The molecule has 0 aliphatic carbocycles. The van der Waals surface area contributed by atoms with E-state index >= 15 is 0 Å². The number of hydrogen-bond donors (Lipinski definition) is 0. The van der Waals surface area contributed by atoms with Crippen molar-refractivity contribution in [1.29, 1.82) is 5.26 Å². The zero-order valence-corrected chi connectivity index (χ0v) is 10.1. The highest BCUT2D eigenvalue weighted by molar-refractivity contribution is 9.09. The van der Waals surface area contributed by atoms with Gasteiger partial charge in [0, 0.05) is 29.9 Å². The summed E-state index contributed by atoms with van der Waals surface area (Å²) < 4.78 is 5.39. The van der Waals surface area contributed by atoms with E-state index < -0.39 is 6.10 Å². The molecule has 0 radical (unpaired) electrons. The van der Waals surface area contributed by atoms with Crippen molar-refractivity contribution in [2.75, 3.05) is 11.9 Å². The Balaban J connectivity index is 2.59. The average Bonchev–Trinajstić information content (AvgIpc) is 2.26. The third-order valence-electron chi connectivity index (χ3n) is 1.78. The summed E-state index contributed by atoms with van der Waals surface area (Å²) in [6.07, 6.45) is 3.57. The van der Waals surface area contributed by atoms with Gasteiger partial charge in [-0.1, -0.05) is 15.9 Å². The van der Waals surface area contributed by atoms with E-state index in [2.05, 4.69) is 32.0 Å². The van der Waals surface area contributed by atoms with Crippen LogP contribution in [-0.4, -0.2) is 21.9 Å². The van der Waals surface area contributed by atoms with Crippen LogP contribution >= 0.6 is 15.9 Å². The summed E-state index contributed by atoms with van der Waals surface area (Å²) in [7, 11) is 0. The lowest BCUT2D eigenvalue weighted by molar-refractivity contribution is 0.0910. The first-order valence-corrected chi connectivity index (χ1v) is 5.76. The Morgan fingerprint density at radius 3 is 2.73 bits per heavy atom. The number of ether oxygens (including phenoxy) is 1. The zero-order chi connectivity index (χ0) is 11.1. The molecule has 1 aromatic heterocycles. The molecule has 1 unspecified atom stereocenters. The Kier molecular flexibility index (Phi) is 5.22. The van der Waals surface area contributed by atoms with Crippen molar-refractivity contribution in [3.63, 3.8) is 0 Å². The molecule has 0 aromatic carbocycles. The number of aromatic nitrogens is 2. The molecule has 0 aliphatic rings. The van der Waals surface area contributed by atoms with E-state index in [1.54, 1.807) is 19.3 Å². The molecule has 1 aromatic rings. The maximum absolute atomic E-state index is 8.91. The molecule has 5 heteroatoms. The average molecular weight is 270 g/mol. The van der Waals surface area contributed by atoms with Crippen LogP contribution in [0.2, 0.25) is 0 Å². The van der Waals surface area contributed by atoms with Gasteiger partial charge in [0.15, 0.2) is 6.10 Å². The molecular formula is C10H12BrN3O. The first kappa shape index (κ1) is 12.1. The van der Waals surface area contributed by atoms with Gasteiger partial charge in [-0.2, -0.15) is 5.26 Å². The molecule has 0 aliphatic heterocycles. The molecular weight excluding hydrogens is 258 g/mol. The molecule has 1 atom stereocenters. The van der Waals surface area contributed by atoms with Gasteiger partial charge in [0.25, 0.3) is 0 Å². The molecule has 1 rings (SSSR count). The van der Waals surface area contributed by atoms with Crippen molar-refractivity contribution in [3.8, 4) is 6.07 Å². The van der Waals surface area contributed by atoms with Crippen LogP contribution in [0.15, 0.2) is 12.4 Å². The number of alkyl halides is 1. The molecule has 80 valence electrons. The largest absolute Gasteiger partial charge is 0.358 e. The van der Waals surface area contributed by atoms with Crippen LogP contribution in [0.5, 0.6) is 0 Å². The van der Waals surface area contributed by atoms with Gasteiger partial charge in [0.1, 0.15) is 5.82 Å². The Hall–Kier alpha value is -0.990. The number of nitrogens with zero attached hydrogens (tertiary/aromatic N) is 3. The highest BCUT2D eigenvalue weighted by atomic mass is 79.9. The van der Waals surface area contributed by atoms with Crippen molar-refractivity contribution >= 4 is 15.9 Å². The number of hydrogen-bond acceptors (Lipinski definition) is 4. The van der Waals surface area contributed by atoms with Crippen molar-refractivity contribution in [3.05, 3.63) is 23.8 Å². The van der Waals surface area contributed by atoms with Crippen molar-refractivity contribution in [2.24, 2.45) is 0 Å². The monoisotopic (exact) mass is 269 g/mol.